The molecule has 5 nitrogen and oxygen atoms in total. The Kier molecular flexibility index (Phi) is 14.7. The van der Waals surface area contributed by atoms with Gasteiger partial charge in [0.05, 0.1) is 6.10 Å². The summed E-state index contributed by atoms with van der Waals surface area (Å²) >= 11 is 0. The van der Waals surface area contributed by atoms with Crippen molar-refractivity contribution in [1.29, 1.82) is 0 Å². The molecule has 1 rings (SSSR count). The summed E-state index contributed by atoms with van der Waals surface area (Å²) in [6.07, 6.45) is 18.0. The van der Waals surface area contributed by atoms with Crippen molar-refractivity contribution in [2.24, 2.45) is 11.3 Å². The Morgan fingerprint density at radius 1 is 0.964 bits per heavy atom. The van der Waals surface area contributed by atoms with E-state index in [1.54, 1.807) is 0 Å². The highest BCUT2D eigenvalue weighted by atomic mass is 32.3. The number of rotatable bonds is 15. The maximum absolute atomic E-state index is 11.5. The van der Waals surface area contributed by atoms with Gasteiger partial charge >= 0.3 is 10.4 Å². The molecule has 3 atom stereocenters. The van der Waals surface area contributed by atoms with Crippen LogP contribution in [-0.4, -0.2) is 19.1 Å². The van der Waals surface area contributed by atoms with Gasteiger partial charge in [-0.1, -0.05) is 97.8 Å². The predicted molar refractivity (Wildman–Crippen MR) is 118 cm³/mol. The molecule has 0 aromatic rings. The summed E-state index contributed by atoms with van der Waals surface area (Å²) < 4.78 is 37.7. The lowest BCUT2D eigenvalue weighted by molar-refractivity contribution is -0.0436. The molecule has 4 N–H and O–H groups in total. The Labute approximate surface area is 174 Å². The van der Waals surface area contributed by atoms with Crippen LogP contribution in [0.2, 0.25) is 0 Å². The SMILES string of the molecule is CCCCCCCCCCCC(OS(=O)(=O)O)C1(CC)CCCCC1CC.N. The quantitative estimate of drug-likeness (QED) is 0.214. The van der Waals surface area contributed by atoms with Crippen LogP contribution >= 0.6 is 0 Å². The largest absolute Gasteiger partial charge is 0.397 e. The van der Waals surface area contributed by atoms with Crippen LogP contribution in [0.4, 0.5) is 0 Å². The van der Waals surface area contributed by atoms with Crippen molar-refractivity contribution in [3.8, 4) is 0 Å². The molecule has 0 aliphatic heterocycles. The zero-order valence-corrected chi connectivity index (χ0v) is 19.6. The molecule has 0 bridgehead atoms. The van der Waals surface area contributed by atoms with Gasteiger partial charge in [-0.3, -0.25) is 4.55 Å². The molecule has 3 unspecified atom stereocenters. The van der Waals surface area contributed by atoms with Crippen LogP contribution in [0.3, 0.4) is 0 Å². The minimum absolute atomic E-state index is 0. The van der Waals surface area contributed by atoms with Gasteiger partial charge in [0, 0.05) is 5.41 Å². The summed E-state index contributed by atoms with van der Waals surface area (Å²) in [5.41, 5.74) is -0.108. The third-order valence-corrected chi connectivity index (χ3v) is 7.33. The smallest absolute Gasteiger partial charge is 0.344 e. The average Bonchev–Trinajstić information content (AvgIpc) is 2.64. The molecule has 1 saturated carbocycles. The molecule has 1 fully saturated rings. The van der Waals surface area contributed by atoms with Crippen molar-refractivity contribution < 1.29 is 17.2 Å². The molecule has 0 saturated heterocycles. The third kappa shape index (κ3) is 9.55. The van der Waals surface area contributed by atoms with Crippen molar-refractivity contribution in [2.45, 2.75) is 130 Å². The summed E-state index contributed by atoms with van der Waals surface area (Å²) in [4.78, 5) is 0. The Bertz CT molecular complexity index is 483. The Balaban J connectivity index is 0.00000729. The van der Waals surface area contributed by atoms with Crippen LogP contribution in [0.1, 0.15) is 124 Å². The first-order chi connectivity index (χ1) is 12.9. The van der Waals surface area contributed by atoms with Crippen molar-refractivity contribution >= 4 is 10.4 Å². The van der Waals surface area contributed by atoms with Gasteiger partial charge in [0.25, 0.3) is 0 Å². The molecule has 170 valence electrons. The van der Waals surface area contributed by atoms with Gasteiger partial charge in [-0.25, -0.2) is 4.18 Å². The molecule has 6 heteroatoms. The van der Waals surface area contributed by atoms with E-state index < -0.39 is 10.4 Å². The summed E-state index contributed by atoms with van der Waals surface area (Å²) in [5, 5.41) is 0. The van der Waals surface area contributed by atoms with E-state index in [4.69, 9.17) is 4.18 Å². The molecule has 0 radical (unpaired) electrons. The highest BCUT2D eigenvalue weighted by molar-refractivity contribution is 7.80. The molecular formula is C22H47NO4S. The fourth-order valence-electron chi connectivity index (χ4n) is 5.28. The summed E-state index contributed by atoms with van der Waals surface area (Å²) in [7, 11) is -4.41. The summed E-state index contributed by atoms with van der Waals surface area (Å²) in [5.74, 6) is 0.488. The van der Waals surface area contributed by atoms with Crippen LogP contribution in [-0.2, 0) is 14.6 Å². The van der Waals surface area contributed by atoms with Crippen molar-refractivity contribution in [3.63, 3.8) is 0 Å². The molecule has 1 aliphatic carbocycles. The van der Waals surface area contributed by atoms with Crippen LogP contribution in [0.5, 0.6) is 0 Å². The fourth-order valence-corrected chi connectivity index (χ4v) is 5.86. The van der Waals surface area contributed by atoms with Crippen molar-refractivity contribution in [1.82, 2.24) is 6.15 Å². The van der Waals surface area contributed by atoms with Gasteiger partial charge in [0.15, 0.2) is 0 Å². The second-order valence-corrected chi connectivity index (χ2v) is 9.62. The molecule has 0 aromatic heterocycles. The minimum atomic E-state index is -4.41. The monoisotopic (exact) mass is 421 g/mol. The Morgan fingerprint density at radius 3 is 2.04 bits per heavy atom. The van der Waals surface area contributed by atoms with Crippen molar-refractivity contribution in [3.05, 3.63) is 0 Å². The summed E-state index contributed by atoms with van der Waals surface area (Å²) in [6, 6.07) is 0. The second kappa shape index (κ2) is 14.8. The second-order valence-electron chi connectivity index (χ2n) is 8.57. The van der Waals surface area contributed by atoms with E-state index in [2.05, 4.69) is 20.8 Å². The van der Waals surface area contributed by atoms with E-state index >= 15 is 0 Å². The zero-order chi connectivity index (χ0) is 20.2. The minimum Gasteiger partial charge on any atom is -0.344 e. The standard InChI is InChI=1S/C22H44O4S.H3N/c1-4-7-8-9-10-11-12-13-14-18-21(26-27(23,24)25)22(6-3)19-16-15-17-20(22)5-2;/h20-21H,4-19H2,1-3H3,(H,23,24,25);1H3. The lowest BCUT2D eigenvalue weighted by Gasteiger charge is -2.48. The molecular weight excluding hydrogens is 374 g/mol. The van der Waals surface area contributed by atoms with Crippen molar-refractivity contribution in [2.75, 3.05) is 0 Å². The lowest BCUT2D eigenvalue weighted by Crippen LogP contribution is -2.45. The third-order valence-electron chi connectivity index (χ3n) is 6.86. The topological polar surface area (TPSA) is 98.6 Å². The molecule has 0 heterocycles. The predicted octanol–water partition coefficient (Wildman–Crippen LogP) is 7.25. The van der Waals surface area contributed by atoms with E-state index in [0.29, 0.717) is 5.92 Å². The van der Waals surface area contributed by atoms with Gasteiger partial charge in [-0.2, -0.15) is 8.42 Å². The highest BCUT2D eigenvalue weighted by Gasteiger charge is 2.46. The fraction of sp³-hybridized carbons (Fsp3) is 1.00. The van der Waals surface area contributed by atoms with Gasteiger partial charge in [-0.15, -0.1) is 0 Å². The first-order valence-corrected chi connectivity index (χ1v) is 12.9. The molecule has 0 amide bonds. The lowest BCUT2D eigenvalue weighted by atomic mass is 9.60. The molecule has 28 heavy (non-hydrogen) atoms. The molecule has 0 spiro atoms. The number of hydrogen-bond acceptors (Lipinski definition) is 4. The van der Waals surface area contributed by atoms with E-state index in [1.807, 2.05) is 0 Å². The Morgan fingerprint density at radius 2 is 1.54 bits per heavy atom. The van der Waals surface area contributed by atoms with Gasteiger partial charge in [-0.05, 0) is 31.6 Å². The van der Waals surface area contributed by atoms with Crippen LogP contribution in [0, 0.1) is 11.3 Å². The van der Waals surface area contributed by atoms with E-state index in [1.165, 1.54) is 51.4 Å². The number of unbranched alkanes of at least 4 members (excludes halogenated alkanes) is 8. The summed E-state index contributed by atoms with van der Waals surface area (Å²) in [6.45, 7) is 6.59. The highest BCUT2D eigenvalue weighted by Crippen LogP contribution is 2.50. The maximum atomic E-state index is 11.5. The maximum Gasteiger partial charge on any atom is 0.397 e. The van der Waals surface area contributed by atoms with Gasteiger partial charge in [0.2, 0.25) is 0 Å². The van der Waals surface area contributed by atoms with Gasteiger partial charge in [0.1, 0.15) is 0 Å². The van der Waals surface area contributed by atoms with Crippen LogP contribution in [0.15, 0.2) is 0 Å². The van der Waals surface area contributed by atoms with E-state index in [-0.39, 0.29) is 17.7 Å². The molecule has 1 aliphatic rings. The van der Waals surface area contributed by atoms with Crippen LogP contribution in [0.25, 0.3) is 0 Å². The Hall–Kier alpha value is -0.170. The number of hydrogen-bond donors (Lipinski definition) is 2. The first-order valence-electron chi connectivity index (χ1n) is 11.5. The van der Waals surface area contributed by atoms with E-state index in [9.17, 15) is 13.0 Å². The van der Waals surface area contributed by atoms with Crippen LogP contribution < -0.4 is 6.15 Å². The zero-order valence-electron chi connectivity index (χ0n) is 18.8. The van der Waals surface area contributed by atoms with E-state index in [0.717, 1.165) is 51.4 Å². The molecule has 0 aromatic carbocycles. The van der Waals surface area contributed by atoms with Gasteiger partial charge < -0.3 is 6.15 Å². The average molecular weight is 422 g/mol. The first kappa shape index (κ1) is 27.8. The normalized spacial score (nSPS) is 23.9.